The van der Waals surface area contributed by atoms with E-state index >= 15 is 0 Å². The van der Waals surface area contributed by atoms with Crippen LogP contribution in [0, 0.1) is 5.82 Å². The summed E-state index contributed by atoms with van der Waals surface area (Å²) >= 11 is 1.50. The third-order valence-electron chi connectivity index (χ3n) is 3.66. The number of fused-ring (bicyclic) bond motifs is 1. The monoisotopic (exact) mass is 317 g/mol. The second-order valence-electron chi connectivity index (χ2n) is 5.05. The molecule has 3 rings (SSSR count). The van der Waals surface area contributed by atoms with Crippen LogP contribution in [-0.4, -0.2) is 18.8 Å². The van der Waals surface area contributed by atoms with Gasteiger partial charge in [0.15, 0.2) is 0 Å². The minimum atomic E-state index is -0.220. The summed E-state index contributed by atoms with van der Waals surface area (Å²) in [5.41, 5.74) is 1.39. The van der Waals surface area contributed by atoms with Gasteiger partial charge >= 0.3 is 0 Å². The molecule has 2 aromatic rings. The lowest BCUT2D eigenvalue weighted by Crippen LogP contribution is -2.30. The molecule has 1 amide bonds. The van der Waals surface area contributed by atoms with Gasteiger partial charge in [-0.3, -0.25) is 4.79 Å². The number of ether oxygens (including phenoxy) is 1. The van der Waals surface area contributed by atoms with E-state index in [2.05, 4.69) is 5.32 Å². The second kappa shape index (κ2) is 6.40. The highest BCUT2D eigenvalue weighted by molar-refractivity contribution is 7.99. The maximum atomic E-state index is 13.9. The SMILES string of the molecule is COc1cccc(C(=O)NC2CCSc3c(F)cccc32)c1. The average Bonchev–Trinajstić information content (AvgIpc) is 2.56. The third-order valence-corrected chi connectivity index (χ3v) is 4.82. The molecule has 0 aliphatic carbocycles. The fourth-order valence-corrected chi connectivity index (χ4v) is 3.68. The fourth-order valence-electron chi connectivity index (χ4n) is 2.54. The Kier molecular flexibility index (Phi) is 4.34. The maximum Gasteiger partial charge on any atom is 0.251 e. The number of hydrogen-bond acceptors (Lipinski definition) is 3. The van der Waals surface area contributed by atoms with Gasteiger partial charge in [0.1, 0.15) is 11.6 Å². The summed E-state index contributed by atoms with van der Waals surface area (Å²) < 4.78 is 19.0. The zero-order chi connectivity index (χ0) is 15.5. The molecule has 0 radical (unpaired) electrons. The van der Waals surface area contributed by atoms with Gasteiger partial charge in [0.2, 0.25) is 0 Å². The lowest BCUT2D eigenvalue weighted by atomic mass is 10.0. The lowest BCUT2D eigenvalue weighted by Gasteiger charge is -2.26. The molecule has 1 aliphatic rings. The number of amides is 1. The summed E-state index contributed by atoms with van der Waals surface area (Å²) in [6.45, 7) is 0. The molecule has 1 N–H and O–H groups in total. The van der Waals surface area contributed by atoms with Crippen molar-refractivity contribution in [3.8, 4) is 5.75 Å². The topological polar surface area (TPSA) is 38.3 Å². The van der Waals surface area contributed by atoms with Gasteiger partial charge in [-0.1, -0.05) is 18.2 Å². The van der Waals surface area contributed by atoms with Crippen LogP contribution in [0.25, 0.3) is 0 Å². The van der Waals surface area contributed by atoms with E-state index < -0.39 is 0 Å². The highest BCUT2D eigenvalue weighted by atomic mass is 32.2. The number of thioether (sulfide) groups is 1. The quantitative estimate of drug-likeness (QED) is 0.936. The van der Waals surface area contributed by atoms with Crippen LogP contribution in [0.15, 0.2) is 47.4 Å². The van der Waals surface area contributed by atoms with Crippen LogP contribution < -0.4 is 10.1 Å². The summed E-state index contributed by atoms with van der Waals surface area (Å²) in [6.07, 6.45) is 0.789. The van der Waals surface area contributed by atoms with E-state index in [9.17, 15) is 9.18 Å². The molecule has 5 heteroatoms. The van der Waals surface area contributed by atoms with Crippen LogP contribution in [0.4, 0.5) is 4.39 Å². The standard InChI is InChI=1S/C17H16FNO2S/c1-21-12-5-2-4-11(10-12)17(20)19-15-8-9-22-16-13(15)6-3-7-14(16)18/h2-7,10,15H,8-9H2,1H3,(H,19,20). The predicted octanol–water partition coefficient (Wildman–Crippen LogP) is 3.80. The molecule has 114 valence electrons. The molecule has 3 nitrogen and oxygen atoms in total. The number of hydrogen-bond donors (Lipinski definition) is 1. The van der Waals surface area contributed by atoms with Crippen molar-refractivity contribution < 1.29 is 13.9 Å². The van der Waals surface area contributed by atoms with Crippen molar-refractivity contribution in [3.63, 3.8) is 0 Å². The molecule has 1 unspecified atom stereocenters. The van der Waals surface area contributed by atoms with Crippen LogP contribution in [0.5, 0.6) is 5.75 Å². The van der Waals surface area contributed by atoms with Gasteiger partial charge < -0.3 is 10.1 Å². The second-order valence-corrected chi connectivity index (χ2v) is 6.16. The van der Waals surface area contributed by atoms with Gasteiger partial charge in [-0.25, -0.2) is 4.39 Å². The van der Waals surface area contributed by atoms with Crippen LogP contribution in [0.3, 0.4) is 0 Å². The predicted molar refractivity (Wildman–Crippen MR) is 84.9 cm³/mol. The van der Waals surface area contributed by atoms with Gasteiger partial charge in [0.05, 0.1) is 13.2 Å². The Morgan fingerprint density at radius 3 is 2.95 bits per heavy atom. The van der Waals surface area contributed by atoms with E-state index in [1.807, 2.05) is 6.07 Å². The number of rotatable bonds is 3. The Balaban J connectivity index is 1.82. The van der Waals surface area contributed by atoms with Gasteiger partial charge in [-0.2, -0.15) is 0 Å². The van der Waals surface area contributed by atoms with Crippen molar-refractivity contribution in [1.29, 1.82) is 0 Å². The van der Waals surface area contributed by atoms with Crippen LogP contribution in [0.1, 0.15) is 28.4 Å². The van der Waals surface area contributed by atoms with Crippen molar-refractivity contribution >= 4 is 17.7 Å². The summed E-state index contributed by atoms with van der Waals surface area (Å²) in [5.74, 6) is 1.03. The van der Waals surface area contributed by atoms with Crippen LogP contribution >= 0.6 is 11.8 Å². The molecule has 0 saturated heterocycles. The number of nitrogens with one attached hydrogen (secondary N) is 1. The van der Waals surface area contributed by atoms with E-state index in [0.717, 1.165) is 17.7 Å². The number of methoxy groups -OCH3 is 1. The molecule has 1 atom stereocenters. The molecular formula is C17H16FNO2S. The first-order valence-electron chi connectivity index (χ1n) is 7.05. The largest absolute Gasteiger partial charge is 0.497 e. The number of carbonyl (C=O) groups is 1. The van der Waals surface area contributed by atoms with Crippen LogP contribution in [-0.2, 0) is 0 Å². The third kappa shape index (κ3) is 2.95. The molecule has 2 aromatic carbocycles. The zero-order valence-corrected chi connectivity index (χ0v) is 13.0. The molecular weight excluding hydrogens is 301 g/mol. The smallest absolute Gasteiger partial charge is 0.251 e. The lowest BCUT2D eigenvalue weighted by molar-refractivity contribution is 0.0934. The molecule has 0 bridgehead atoms. The summed E-state index contributed by atoms with van der Waals surface area (Å²) in [5, 5.41) is 3.00. The van der Waals surface area contributed by atoms with E-state index in [1.54, 1.807) is 37.4 Å². The molecule has 1 aliphatic heterocycles. The van der Waals surface area contributed by atoms with E-state index in [4.69, 9.17) is 4.74 Å². The highest BCUT2D eigenvalue weighted by Crippen LogP contribution is 2.37. The van der Waals surface area contributed by atoms with Crippen molar-refractivity contribution in [1.82, 2.24) is 5.32 Å². The van der Waals surface area contributed by atoms with Crippen molar-refractivity contribution in [2.75, 3.05) is 12.9 Å². The number of benzene rings is 2. The normalized spacial score (nSPS) is 16.7. The fraction of sp³-hybridized carbons (Fsp3) is 0.235. The number of carbonyl (C=O) groups excluding carboxylic acids is 1. The Morgan fingerprint density at radius 1 is 1.32 bits per heavy atom. The summed E-state index contributed by atoms with van der Waals surface area (Å²) in [7, 11) is 1.56. The average molecular weight is 317 g/mol. The van der Waals surface area contributed by atoms with E-state index in [0.29, 0.717) is 16.2 Å². The minimum Gasteiger partial charge on any atom is -0.497 e. The van der Waals surface area contributed by atoms with E-state index in [1.165, 1.54) is 17.8 Å². The number of halogens is 1. The molecule has 0 spiro atoms. The minimum absolute atomic E-state index is 0.161. The summed E-state index contributed by atoms with van der Waals surface area (Å²) in [4.78, 5) is 13.1. The first-order chi connectivity index (χ1) is 10.7. The zero-order valence-electron chi connectivity index (χ0n) is 12.1. The Labute approximate surface area is 132 Å². The first kappa shape index (κ1) is 14.9. The maximum absolute atomic E-state index is 13.9. The molecule has 0 aromatic heterocycles. The molecule has 1 heterocycles. The van der Waals surface area contributed by atoms with Gasteiger partial charge in [0, 0.05) is 16.2 Å². The van der Waals surface area contributed by atoms with Gasteiger partial charge in [-0.05, 0) is 36.2 Å². The summed E-state index contributed by atoms with van der Waals surface area (Å²) in [6, 6.07) is 11.9. The molecule has 0 fully saturated rings. The van der Waals surface area contributed by atoms with Gasteiger partial charge in [0.25, 0.3) is 5.91 Å². The molecule has 22 heavy (non-hydrogen) atoms. The van der Waals surface area contributed by atoms with Crippen molar-refractivity contribution in [3.05, 3.63) is 59.4 Å². The van der Waals surface area contributed by atoms with Gasteiger partial charge in [-0.15, -0.1) is 11.8 Å². The van der Waals surface area contributed by atoms with Crippen LogP contribution in [0.2, 0.25) is 0 Å². The van der Waals surface area contributed by atoms with Crippen molar-refractivity contribution in [2.24, 2.45) is 0 Å². The van der Waals surface area contributed by atoms with E-state index in [-0.39, 0.29) is 17.8 Å². The van der Waals surface area contributed by atoms with Crippen molar-refractivity contribution in [2.45, 2.75) is 17.4 Å². The Hall–Kier alpha value is -2.01. The first-order valence-corrected chi connectivity index (χ1v) is 8.03. The Bertz CT molecular complexity index is 705. The highest BCUT2D eigenvalue weighted by Gasteiger charge is 2.24. The molecule has 0 saturated carbocycles. The Morgan fingerprint density at radius 2 is 2.14 bits per heavy atom.